The molecule has 0 spiro atoms. The van der Waals surface area contributed by atoms with Crippen LogP contribution in [0.5, 0.6) is 5.75 Å². The predicted molar refractivity (Wildman–Crippen MR) is 92.1 cm³/mol. The first-order valence-corrected chi connectivity index (χ1v) is 9.36. The lowest BCUT2D eigenvalue weighted by molar-refractivity contribution is -0.133. The Morgan fingerprint density at radius 1 is 1.17 bits per heavy atom. The van der Waals surface area contributed by atoms with E-state index in [1.54, 1.807) is 4.90 Å². The average molecular weight is 355 g/mol. The van der Waals surface area contributed by atoms with Gasteiger partial charge in [-0.25, -0.2) is 0 Å². The zero-order valence-electron chi connectivity index (χ0n) is 14.4. The van der Waals surface area contributed by atoms with E-state index in [1.165, 1.54) is 22.7 Å². The van der Waals surface area contributed by atoms with Crippen LogP contribution in [0.1, 0.15) is 12.0 Å². The van der Waals surface area contributed by atoms with Crippen molar-refractivity contribution >= 4 is 16.1 Å². The first-order valence-electron chi connectivity index (χ1n) is 7.96. The lowest BCUT2D eigenvalue weighted by atomic mass is 10.2. The van der Waals surface area contributed by atoms with E-state index in [4.69, 9.17) is 4.74 Å². The minimum atomic E-state index is -3.44. The first kappa shape index (κ1) is 18.7. The molecule has 134 valence electrons. The second-order valence-electron chi connectivity index (χ2n) is 5.98. The van der Waals surface area contributed by atoms with E-state index in [-0.39, 0.29) is 12.5 Å². The van der Waals surface area contributed by atoms with Crippen LogP contribution in [-0.4, -0.2) is 74.7 Å². The Morgan fingerprint density at radius 2 is 1.88 bits per heavy atom. The van der Waals surface area contributed by atoms with Gasteiger partial charge in [0.15, 0.2) is 6.61 Å². The zero-order chi connectivity index (χ0) is 17.7. The summed E-state index contributed by atoms with van der Waals surface area (Å²) in [5.74, 6) is 0.569. The summed E-state index contributed by atoms with van der Waals surface area (Å²) in [6.45, 7) is 3.53. The van der Waals surface area contributed by atoms with E-state index in [1.807, 2.05) is 31.2 Å². The second-order valence-corrected chi connectivity index (χ2v) is 8.12. The van der Waals surface area contributed by atoms with Crippen molar-refractivity contribution < 1.29 is 17.9 Å². The van der Waals surface area contributed by atoms with Gasteiger partial charge in [-0.2, -0.15) is 17.0 Å². The van der Waals surface area contributed by atoms with E-state index >= 15 is 0 Å². The number of ether oxygens (including phenoxy) is 1. The zero-order valence-corrected chi connectivity index (χ0v) is 15.3. The fraction of sp³-hybridized carbons (Fsp3) is 0.562. The van der Waals surface area contributed by atoms with E-state index in [0.717, 1.165) is 5.56 Å². The highest BCUT2D eigenvalue weighted by molar-refractivity contribution is 7.86. The summed E-state index contributed by atoms with van der Waals surface area (Å²) in [5, 5.41) is 0. The van der Waals surface area contributed by atoms with Gasteiger partial charge in [-0.15, -0.1) is 0 Å². The Balaban J connectivity index is 1.91. The van der Waals surface area contributed by atoms with Crippen molar-refractivity contribution in [3.63, 3.8) is 0 Å². The summed E-state index contributed by atoms with van der Waals surface area (Å²) in [4.78, 5) is 14.0. The number of hydrogen-bond donors (Lipinski definition) is 0. The normalized spacial score (nSPS) is 16.9. The second kappa shape index (κ2) is 7.96. The van der Waals surface area contributed by atoms with Gasteiger partial charge in [-0.1, -0.05) is 18.2 Å². The third-order valence-corrected chi connectivity index (χ3v) is 5.98. The quantitative estimate of drug-likeness (QED) is 0.780. The lowest BCUT2D eigenvalue weighted by Gasteiger charge is -2.24. The molecule has 1 aromatic carbocycles. The number of carbonyl (C=O) groups is 1. The van der Waals surface area contributed by atoms with Crippen molar-refractivity contribution in [2.45, 2.75) is 13.3 Å². The highest BCUT2D eigenvalue weighted by Gasteiger charge is 2.28. The van der Waals surface area contributed by atoms with Crippen LogP contribution in [-0.2, 0) is 15.0 Å². The van der Waals surface area contributed by atoms with Crippen molar-refractivity contribution in [2.24, 2.45) is 0 Å². The molecule has 1 aliphatic rings. The third kappa shape index (κ3) is 4.46. The molecule has 0 radical (unpaired) electrons. The summed E-state index contributed by atoms with van der Waals surface area (Å²) in [6, 6.07) is 7.54. The molecule has 1 heterocycles. The summed E-state index contributed by atoms with van der Waals surface area (Å²) in [6.07, 6.45) is 0.614. The summed E-state index contributed by atoms with van der Waals surface area (Å²) in [5.41, 5.74) is 0.976. The van der Waals surface area contributed by atoms with E-state index in [9.17, 15) is 13.2 Å². The van der Waals surface area contributed by atoms with Crippen LogP contribution in [0.4, 0.5) is 0 Å². The van der Waals surface area contributed by atoms with Crippen LogP contribution in [0.15, 0.2) is 24.3 Å². The fourth-order valence-corrected chi connectivity index (χ4v) is 3.69. The monoisotopic (exact) mass is 355 g/mol. The number of benzene rings is 1. The number of aryl methyl sites for hydroxylation is 1. The van der Waals surface area contributed by atoms with Crippen molar-refractivity contribution in [3.8, 4) is 5.75 Å². The Labute approximate surface area is 144 Å². The molecule has 0 unspecified atom stereocenters. The summed E-state index contributed by atoms with van der Waals surface area (Å²) < 4.78 is 32.6. The number of carbonyl (C=O) groups excluding carboxylic acids is 1. The summed E-state index contributed by atoms with van der Waals surface area (Å²) in [7, 11) is -0.410. The number of rotatable bonds is 5. The highest BCUT2D eigenvalue weighted by Crippen LogP contribution is 2.16. The molecule has 1 fully saturated rings. The van der Waals surface area contributed by atoms with Gasteiger partial charge in [-0.05, 0) is 25.0 Å². The minimum absolute atomic E-state index is 0.0364. The van der Waals surface area contributed by atoms with Gasteiger partial charge in [0.2, 0.25) is 0 Å². The Bertz CT molecular complexity index is 676. The van der Waals surface area contributed by atoms with Gasteiger partial charge in [-0.3, -0.25) is 4.79 Å². The average Bonchev–Trinajstić information content (AvgIpc) is 2.80. The third-order valence-electron chi connectivity index (χ3n) is 4.04. The first-order chi connectivity index (χ1) is 11.3. The lowest BCUT2D eigenvalue weighted by Crippen LogP contribution is -2.43. The standard InChI is InChI=1S/C16H25N3O4S/c1-14-7-4-5-8-15(14)23-13-16(20)18-9-6-10-19(12-11-18)24(21,22)17(2)3/h4-5,7-8H,6,9-13H2,1-3H3. The van der Waals surface area contributed by atoms with Crippen LogP contribution >= 0.6 is 0 Å². The van der Waals surface area contributed by atoms with Crippen molar-refractivity contribution in [1.82, 2.24) is 13.5 Å². The SMILES string of the molecule is Cc1ccccc1OCC(=O)N1CCCN(S(=O)(=O)N(C)C)CC1. The molecular weight excluding hydrogens is 330 g/mol. The smallest absolute Gasteiger partial charge is 0.281 e. The van der Waals surface area contributed by atoms with Gasteiger partial charge in [0.05, 0.1) is 0 Å². The maximum Gasteiger partial charge on any atom is 0.281 e. The molecule has 0 bridgehead atoms. The van der Waals surface area contributed by atoms with Crippen LogP contribution in [0.3, 0.4) is 0 Å². The maximum absolute atomic E-state index is 12.3. The van der Waals surface area contributed by atoms with Crippen molar-refractivity contribution in [1.29, 1.82) is 0 Å². The molecular formula is C16H25N3O4S. The van der Waals surface area contributed by atoms with Crippen LogP contribution in [0.25, 0.3) is 0 Å². The molecule has 0 atom stereocenters. The molecule has 24 heavy (non-hydrogen) atoms. The molecule has 8 heteroatoms. The topological polar surface area (TPSA) is 70.2 Å². The Kier molecular flexibility index (Phi) is 6.20. The van der Waals surface area contributed by atoms with Gasteiger partial charge in [0.25, 0.3) is 16.1 Å². The Morgan fingerprint density at radius 3 is 2.54 bits per heavy atom. The van der Waals surface area contributed by atoms with Crippen LogP contribution in [0, 0.1) is 6.92 Å². The van der Waals surface area contributed by atoms with Gasteiger partial charge in [0.1, 0.15) is 5.75 Å². The highest BCUT2D eigenvalue weighted by atomic mass is 32.2. The molecule has 0 aliphatic carbocycles. The molecule has 1 saturated heterocycles. The number of nitrogens with zero attached hydrogens (tertiary/aromatic N) is 3. The van der Waals surface area contributed by atoms with E-state index in [0.29, 0.717) is 38.3 Å². The summed E-state index contributed by atoms with van der Waals surface area (Å²) >= 11 is 0. The van der Waals surface area contributed by atoms with Gasteiger partial charge in [0, 0.05) is 40.3 Å². The molecule has 0 aromatic heterocycles. The number of para-hydroxylation sites is 1. The van der Waals surface area contributed by atoms with Crippen LogP contribution < -0.4 is 4.74 Å². The van der Waals surface area contributed by atoms with Crippen molar-refractivity contribution in [2.75, 3.05) is 46.9 Å². The predicted octanol–water partition coefficient (Wildman–Crippen LogP) is 0.715. The van der Waals surface area contributed by atoms with Gasteiger partial charge >= 0.3 is 0 Å². The molecule has 0 saturated carbocycles. The molecule has 1 aromatic rings. The molecule has 1 aliphatic heterocycles. The Hall–Kier alpha value is -1.64. The molecule has 7 nitrogen and oxygen atoms in total. The van der Waals surface area contributed by atoms with Crippen molar-refractivity contribution in [3.05, 3.63) is 29.8 Å². The maximum atomic E-state index is 12.3. The minimum Gasteiger partial charge on any atom is -0.484 e. The number of hydrogen-bond acceptors (Lipinski definition) is 4. The largest absolute Gasteiger partial charge is 0.484 e. The molecule has 0 N–H and O–H groups in total. The van der Waals surface area contributed by atoms with Gasteiger partial charge < -0.3 is 9.64 Å². The number of amides is 1. The molecule has 2 rings (SSSR count). The molecule has 1 amide bonds. The van der Waals surface area contributed by atoms with Crippen LogP contribution in [0.2, 0.25) is 0 Å². The fourth-order valence-electron chi connectivity index (χ4n) is 2.55. The van der Waals surface area contributed by atoms with E-state index in [2.05, 4.69) is 0 Å². The van der Waals surface area contributed by atoms with E-state index < -0.39 is 10.2 Å².